The van der Waals surface area contributed by atoms with Crippen molar-refractivity contribution < 1.29 is 9.90 Å². The van der Waals surface area contributed by atoms with E-state index in [-0.39, 0.29) is 5.69 Å². The molecule has 3 aromatic heterocycles. The Morgan fingerprint density at radius 1 is 1.22 bits per heavy atom. The van der Waals surface area contributed by atoms with E-state index in [0.29, 0.717) is 11.3 Å². The van der Waals surface area contributed by atoms with Crippen LogP contribution in [0.5, 0.6) is 0 Å². The lowest BCUT2D eigenvalue weighted by Gasteiger charge is -1.99. The minimum absolute atomic E-state index is 0.0504. The molecule has 0 saturated carbocycles. The van der Waals surface area contributed by atoms with Crippen molar-refractivity contribution in [2.24, 2.45) is 0 Å². The van der Waals surface area contributed by atoms with Crippen LogP contribution in [0.25, 0.3) is 16.9 Å². The second kappa shape index (κ2) is 3.96. The first kappa shape index (κ1) is 10.5. The Bertz CT molecular complexity index is 719. The van der Waals surface area contributed by atoms with Gasteiger partial charge >= 0.3 is 5.97 Å². The van der Waals surface area contributed by atoms with Gasteiger partial charge in [0.1, 0.15) is 5.82 Å². The molecule has 18 heavy (non-hydrogen) atoms. The number of carbonyl (C=O) groups is 1. The van der Waals surface area contributed by atoms with Crippen molar-refractivity contribution in [3.05, 3.63) is 54.6 Å². The third-order valence-corrected chi connectivity index (χ3v) is 2.67. The predicted octanol–water partition coefficient (Wildman–Crippen LogP) is 2.09. The van der Waals surface area contributed by atoms with E-state index in [9.17, 15) is 4.79 Å². The minimum atomic E-state index is -1.03. The number of hydrogen-bond donors (Lipinski definition) is 1. The van der Waals surface area contributed by atoms with Gasteiger partial charge < -0.3 is 5.11 Å². The predicted molar refractivity (Wildman–Crippen MR) is 65.4 cm³/mol. The molecule has 3 aromatic rings. The van der Waals surface area contributed by atoms with Crippen LogP contribution in [0.3, 0.4) is 0 Å². The Morgan fingerprint density at radius 3 is 2.83 bits per heavy atom. The topological polar surface area (TPSA) is 67.5 Å². The molecule has 0 unspecified atom stereocenters. The Kier molecular flexibility index (Phi) is 2.30. The van der Waals surface area contributed by atoms with Crippen LogP contribution in [-0.4, -0.2) is 25.4 Å². The van der Waals surface area contributed by atoms with Gasteiger partial charge in [-0.25, -0.2) is 9.78 Å². The first-order valence-electron chi connectivity index (χ1n) is 5.38. The van der Waals surface area contributed by atoms with Gasteiger partial charge in [-0.3, -0.25) is 9.38 Å². The number of carboxylic acid groups (broad SMARTS) is 1. The van der Waals surface area contributed by atoms with Crippen molar-refractivity contribution in [2.45, 2.75) is 0 Å². The molecule has 5 heteroatoms. The molecule has 0 aromatic carbocycles. The Labute approximate surface area is 102 Å². The second-order valence-electron chi connectivity index (χ2n) is 3.79. The van der Waals surface area contributed by atoms with Gasteiger partial charge in [-0.1, -0.05) is 6.07 Å². The quantitative estimate of drug-likeness (QED) is 0.743. The summed E-state index contributed by atoms with van der Waals surface area (Å²) in [6.45, 7) is 0. The molecule has 0 atom stereocenters. The van der Waals surface area contributed by atoms with Gasteiger partial charge in [0, 0.05) is 24.2 Å². The maximum absolute atomic E-state index is 11.2. The maximum Gasteiger partial charge on any atom is 0.356 e. The summed E-state index contributed by atoms with van der Waals surface area (Å²) in [5, 5.41) is 9.15. The zero-order valence-corrected chi connectivity index (χ0v) is 9.32. The highest BCUT2D eigenvalue weighted by atomic mass is 16.4. The first-order valence-corrected chi connectivity index (χ1v) is 5.38. The molecule has 0 fully saturated rings. The number of imidazole rings is 1. The van der Waals surface area contributed by atoms with Crippen LogP contribution in [0.2, 0.25) is 0 Å². The molecule has 5 nitrogen and oxygen atoms in total. The van der Waals surface area contributed by atoms with E-state index in [1.165, 1.54) is 0 Å². The molecule has 0 spiro atoms. The standard InChI is InChI=1S/C13H9N3O2/c17-13(18)11-10-5-1-2-7-16(10)12(15-11)9-4-3-6-14-8-9/h1-8H,(H,17,18). The van der Waals surface area contributed by atoms with Gasteiger partial charge in [-0.2, -0.15) is 0 Å². The van der Waals surface area contributed by atoms with E-state index in [1.807, 2.05) is 12.1 Å². The lowest BCUT2D eigenvalue weighted by atomic mass is 10.3. The highest BCUT2D eigenvalue weighted by Gasteiger charge is 2.16. The fourth-order valence-electron chi connectivity index (χ4n) is 1.89. The van der Waals surface area contributed by atoms with E-state index in [0.717, 1.165) is 5.56 Å². The van der Waals surface area contributed by atoms with E-state index in [4.69, 9.17) is 5.11 Å². The van der Waals surface area contributed by atoms with Crippen LogP contribution >= 0.6 is 0 Å². The molecule has 0 aliphatic carbocycles. The number of carboxylic acids is 1. The molecular formula is C13H9N3O2. The lowest BCUT2D eigenvalue weighted by Crippen LogP contribution is -1.96. The number of pyridine rings is 2. The average Bonchev–Trinajstić information content (AvgIpc) is 2.79. The summed E-state index contributed by atoms with van der Waals surface area (Å²) >= 11 is 0. The van der Waals surface area contributed by atoms with Crippen molar-refractivity contribution in [2.75, 3.05) is 0 Å². The van der Waals surface area contributed by atoms with Gasteiger partial charge in [0.2, 0.25) is 0 Å². The molecule has 1 N–H and O–H groups in total. The lowest BCUT2D eigenvalue weighted by molar-refractivity contribution is 0.0693. The molecule has 0 aliphatic heterocycles. The zero-order valence-electron chi connectivity index (χ0n) is 9.32. The van der Waals surface area contributed by atoms with E-state index < -0.39 is 5.97 Å². The minimum Gasteiger partial charge on any atom is -0.476 e. The number of rotatable bonds is 2. The molecule has 0 bridgehead atoms. The van der Waals surface area contributed by atoms with Crippen LogP contribution in [0.15, 0.2) is 48.9 Å². The highest BCUT2D eigenvalue weighted by molar-refractivity contribution is 5.94. The number of fused-ring (bicyclic) bond motifs is 1. The van der Waals surface area contributed by atoms with Gasteiger partial charge in [-0.05, 0) is 24.3 Å². The average molecular weight is 239 g/mol. The molecule has 0 radical (unpaired) electrons. The fourth-order valence-corrected chi connectivity index (χ4v) is 1.89. The maximum atomic E-state index is 11.2. The number of hydrogen-bond acceptors (Lipinski definition) is 3. The second-order valence-corrected chi connectivity index (χ2v) is 3.79. The van der Waals surface area contributed by atoms with Crippen LogP contribution in [0.1, 0.15) is 10.5 Å². The van der Waals surface area contributed by atoms with Crippen molar-refractivity contribution in [3.63, 3.8) is 0 Å². The largest absolute Gasteiger partial charge is 0.476 e. The van der Waals surface area contributed by atoms with E-state index >= 15 is 0 Å². The van der Waals surface area contributed by atoms with E-state index in [1.54, 1.807) is 41.2 Å². The number of aromatic carboxylic acids is 1. The molecular weight excluding hydrogens is 230 g/mol. The molecule has 3 heterocycles. The first-order chi connectivity index (χ1) is 8.77. The van der Waals surface area contributed by atoms with Crippen molar-refractivity contribution in [1.29, 1.82) is 0 Å². The van der Waals surface area contributed by atoms with Crippen molar-refractivity contribution in [1.82, 2.24) is 14.4 Å². The Balaban J connectivity index is 2.34. The molecule has 3 rings (SSSR count). The van der Waals surface area contributed by atoms with E-state index in [2.05, 4.69) is 9.97 Å². The zero-order chi connectivity index (χ0) is 12.5. The van der Waals surface area contributed by atoms with Gasteiger partial charge in [-0.15, -0.1) is 0 Å². The van der Waals surface area contributed by atoms with Crippen LogP contribution in [0.4, 0.5) is 0 Å². The fraction of sp³-hybridized carbons (Fsp3) is 0. The van der Waals surface area contributed by atoms with Crippen LogP contribution in [0, 0.1) is 0 Å². The third-order valence-electron chi connectivity index (χ3n) is 2.67. The summed E-state index contributed by atoms with van der Waals surface area (Å²) < 4.78 is 1.75. The summed E-state index contributed by atoms with van der Waals surface area (Å²) in [6.07, 6.45) is 5.11. The Hall–Kier alpha value is -2.69. The summed E-state index contributed by atoms with van der Waals surface area (Å²) in [4.78, 5) is 19.4. The summed E-state index contributed by atoms with van der Waals surface area (Å²) in [7, 11) is 0. The van der Waals surface area contributed by atoms with Gasteiger partial charge in [0.25, 0.3) is 0 Å². The van der Waals surface area contributed by atoms with Gasteiger partial charge in [0.05, 0.1) is 5.52 Å². The summed E-state index contributed by atoms with van der Waals surface area (Å²) in [5.41, 5.74) is 1.41. The SMILES string of the molecule is O=C(O)c1nc(-c2cccnc2)n2ccccc12. The third kappa shape index (κ3) is 1.53. The van der Waals surface area contributed by atoms with Gasteiger partial charge in [0.15, 0.2) is 5.69 Å². The van der Waals surface area contributed by atoms with Crippen LogP contribution < -0.4 is 0 Å². The molecule has 0 saturated heterocycles. The monoisotopic (exact) mass is 239 g/mol. The van der Waals surface area contributed by atoms with Crippen molar-refractivity contribution in [3.8, 4) is 11.4 Å². The molecule has 0 amide bonds. The number of aromatic nitrogens is 3. The summed E-state index contributed by atoms with van der Waals surface area (Å²) in [5.74, 6) is -0.454. The highest BCUT2D eigenvalue weighted by Crippen LogP contribution is 2.21. The van der Waals surface area contributed by atoms with Crippen molar-refractivity contribution >= 4 is 11.5 Å². The smallest absolute Gasteiger partial charge is 0.356 e. The molecule has 88 valence electrons. The normalized spacial score (nSPS) is 10.7. The Morgan fingerprint density at radius 2 is 2.11 bits per heavy atom. The van der Waals surface area contributed by atoms with Crippen LogP contribution in [-0.2, 0) is 0 Å². The number of nitrogens with zero attached hydrogens (tertiary/aromatic N) is 3. The summed E-state index contributed by atoms with van der Waals surface area (Å²) in [6, 6.07) is 8.99. The molecule has 0 aliphatic rings.